The monoisotopic (exact) mass is 209 g/mol. The van der Waals surface area contributed by atoms with E-state index in [-0.39, 0.29) is 11.5 Å². The molecule has 1 aromatic heterocycles. The SMILES string of the molecule is CCCC1(CCN)c2nocc2CC1N. The van der Waals surface area contributed by atoms with E-state index in [1.54, 1.807) is 6.26 Å². The zero-order valence-electron chi connectivity index (χ0n) is 9.20. The summed E-state index contributed by atoms with van der Waals surface area (Å²) in [6.45, 7) is 2.82. The minimum Gasteiger partial charge on any atom is -0.364 e. The van der Waals surface area contributed by atoms with E-state index in [4.69, 9.17) is 16.0 Å². The van der Waals surface area contributed by atoms with E-state index in [2.05, 4.69) is 12.1 Å². The number of rotatable bonds is 4. The zero-order valence-corrected chi connectivity index (χ0v) is 9.20. The largest absolute Gasteiger partial charge is 0.364 e. The number of hydrogen-bond donors (Lipinski definition) is 2. The molecule has 0 bridgehead atoms. The number of hydrogen-bond acceptors (Lipinski definition) is 4. The fraction of sp³-hybridized carbons (Fsp3) is 0.727. The maximum Gasteiger partial charge on any atom is 0.127 e. The molecule has 2 unspecified atom stereocenters. The van der Waals surface area contributed by atoms with Gasteiger partial charge in [-0.15, -0.1) is 0 Å². The Bertz CT molecular complexity index is 328. The van der Waals surface area contributed by atoms with Crippen LogP contribution in [0.3, 0.4) is 0 Å². The second-order valence-electron chi connectivity index (χ2n) is 4.44. The van der Waals surface area contributed by atoms with Gasteiger partial charge in [0.1, 0.15) is 6.26 Å². The molecule has 0 aliphatic heterocycles. The average Bonchev–Trinajstić information content (AvgIpc) is 2.73. The van der Waals surface area contributed by atoms with Crippen molar-refractivity contribution in [1.82, 2.24) is 5.16 Å². The molecular weight excluding hydrogens is 190 g/mol. The maximum atomic E-state index is 6.24. The third-order valence-corrected chi connectivity index (χ3v) is 3.55. The lowest BCUT2D eigenvalue weighted by Crippen LogP contribution is -2.44. The van der Waals surface area contributed by atoms with Crippen LogP contribution in [-0.2, 0) is 11.8 Å². The van der Waals surface area contributed by atoms with Gasteiger partial charge in [0.25, 0.3) is 0 Å². The van der Waals surface area contributed by atoms with Crippen LogP contribution in [0.5, 0.6) is 0 Å². The first-order valence-electron chi connectivity index (χ1n) is 5.64. The van der Waals surface area contributed by atoms with Crippen LogP contribution in [-0.4, -0.2) is 17.7 Å². The molecule has 4 N–H and O–H groups in total. The topological polar surface area (TPSA) is 78.1 Å². The van der Waals surface area contributed by atoms with Gasteiger partial charge in [0.2, 0.25) is 0 Å². The summed E-state index contributed by atoms with van der Waals surface area (Å²) >= 11 is 0. The summed E-state index contributed by atoms with van der Waals surface area (Å²) in [5.74, 6) is 0. The summed E-state index contributed by atoms with van der Waals surface area (Å²) in [4.78, 5) is 0. The maximum absolute atomic E-state index is 6.24. The Morgan fingerprint density at radius 2 is 2.40 bits per heavy atom. The lowest BCUT2D eigenvalue weighted by Gasteiger charge is -2.32. The van der Waals surface area contributed by atoms with Crippen molar-refractivity contribution >= 4 is 0 Å². The summed E-state index contributed by atoms with van der Waals surface area (Å²) in [7, 11) is 0. The molecule has 2 atom stereocenters. The first kappa shape index (κ1) is 10.6. The van der Waals surface area contributed by atoms with Gasteiger partial charge in [-0.25, -0.2) is 0 Å². The molecule has 1 aliphatic rings. The molecule has 0 amide bonds. The van der Waals surface area contributed by atoms with E-state index in [9.17, 15) is 0 Å². The van der Waals surface area contributed by atoms with Gasteiger partial charge in [0.15, 0.2) is 0 Å². The van der Waals surface area contributed by atoms with Crippen LogP contribution in [0.25, 0.3) is 0 Å². The normalized spacial score (nSPS) is 29.4. The molecule has 0 fully saturated rings. The molecule has 15 heavy (non-hydrogen) atoms. The van der Waals surface area contributed by atoms with E-state index >= 15 is 0 Å². The molecule has 0 radical (unpaired) electrons. The van der Waals surface area contributed by atoms with Gasteiger partial charge < -0.3 is 16.0 Å². The first-order valence-corrected chi connectivity index (χ1v) is 5.64. The van der Waals surface area contributed by atoms with Crippen molar-refractivity contribution < 1.29 is 4.52 Å². The van der Waals surface area contributed by atoms with Crippen molar-refractivity contribution in [3.63, 3.8) is 0 Å². The minimum absolute atomic E-state index is 0.0359. The van der Waals surface area contributed by atoms with E-state index in [1.807, 2.05) is 0 Å². The third kappa shape index (κ3) is 1.48. The second-order valence-corrected chi connectivity index (χ2v) is 4.44. The molecule has 0 saturated carbocycles. The minimum atomic E-state index is -0.0359. The van der Waals surface area contributed by atoms with Crippen molar-refractivity contribution in [3.8, 4) is 0 Å². The summed E-state index contributed by atoms with van der Waals surface area (Å²) in [6.07, 6.45) is 5.65. The van der Waals surface area contributed by atoms with Crippen molar-refractivity contribution in [3.05, 3.63) is 17.5 Å². The molecule has 84 valence electrons. The summed E-state index contributed by atoms with van der Waals surface area (Å²) in [5.41, 5.74) is 14.1. The van der Waals surface area contributed by atoms with Crippen LogP contribution in [0.1, 0.15) is 37.4 Å². The molecule has 4 heteroatoms. The number of aromatic nitrogens is 1. The van der Waals surface area contributed by atoms with Crippen molar-refractivity contribution in [2.24, 2.45) is 11.5 Å². The molecule has 4 nitrogen and oxygen atoms in total. The van der Waals surface area contributed by atoms with Gasteiger partial charge in [-0.05, 0) is 25.8 Å². The number of nitrogens with zero attached hydrogens (tertiary/aromatic N) is 1. The standard InChI is InChI=1S/C11H19N3O/c1-2-3-11(4-5-12)9(13)6-8-7-15-14-10(8)11/h7,9H,2-6,12-13H2,1H3. The predicted molar refractivity (Wildman–Crippen MR) is 58.4 cm³/mol. The lowest BCUT2D eigenvalue weighted by atomic mass is 9.75. The number of fused-ring (bicyclic) bond motifs is 1. The van der Waals surface area contributed by atoms with E-state index in [1.165, 1.54) is 5.56 Å². The Hall–Kier alpha value is -0.870. The second kappa shape index (κ2) is 3.94. The highest BCUT2D eigenvalue weighted by Crippen LogP contribution is 2.43. The van der Waals surface area contributed by atoms with Crippen LogP contribution in [0, 0.1) is 0 Å². The Morgan fingerprint density at radius 3 is 3.07 bits per heavy atom. The Balaban J connectivity index is 2.37. The molecule has 1 aliphatic carbocycles. The Morgan fingerprint density at radius 1 is 1.60 bits per heavy atom. The zero-order chi connectivity index (χ0) is 10.9. The highest BCUT2D eigenvalue weighted by Gasteiger charge is 2.46. The third-order valence-electron chi connectivity index (χ3n) is 3.55. The summed E-state index contributed by atoms with van der Waals surface area (Å²) < 4.78 is 5.04. The van der Waals surface area contributed by atoms with Crippen LogP contribution in [0.4, 0.5) is 0 Å². The van der Waals surface area contributed by atoms with Crippen LogP contribution < -0.4 is 11.5 Å². The van der Waals surface area contributed by atoms with Gasteiger partial charge in [0.05, 0.1) is 5.69 Å². The lowest BCUT2D eigenvalue weighted by molar-refractivity contribution is 0.285. The van der Waals surface area contributed by atoms with E-state index in [0.29, 0.717) is 6.54 Å². The van der Waals surface area contributed by atoms with Gasteiger partial charge in [-0.1, -0.05) is 18.5 Å². The molecule has 0 aromatic carbocycles. The molecule has 2 rings (SSSR count). The Kier molecular flexibility index (Phi) is 2.80. The molecule has 0 spiro atoms. The Labute approximate surface area is 90.0 Å². The highest BCUT2D eigenvalue weighted by molar-refractivity contribution is 5.35. The highest BCUT2D eigenvalue weighted by atomic mass is 16.5. The molecular formula is C11H19N3O. The van der Waals surface area contributed by atoms with E-state index < -0.39 is 0 Å². The van der Waals surface area contributed by atoms with Crippen LogP contribution >= 0.6 is 0 Å². The van der Waals surface area contributed by atoms with Crippen LogP contribution in [0.2, 0.25) is 0 Å². The fourth-order valence-electron chi connectivity index (χ4n) is 2.86. The van der Waals surface area contributed by atoms with Gasteiger partial charge in [-0.2, -0.15) is 0 Å². The van der Waals surface area contributed by atoms with Crippen molar-refractivity contribution in [2.75, 3.05) is 6.54 Å². The number of nitrogens with two attached hydrogens (primary N) is 2. The van der Waals surface area contributed by atoms with Crippen molar-refractivity contribution in [1.29, 1.82) is 0 Å². The van der Waals surface area contributed by atoms with Crippen LogP contribution in [0.15, 0.2) is 10.8 Å². The fourth-order valence-corrected chi connectivity index (χ4v) is 2.86. The average molecular weight is 209 g/mol. The summed E-state index contributed by atoms with van der Waals surface area (Å²) in [6, 6.07) is 0.148. The van der Waals surface area contributed by atoms with Gasteiger partial charge in [-0.3, -0.25) is 0 Å². The molecule has 1 aromatic rings. The van der Waals surface area contributed by atoms with Crippen molar-refractivity contribution in [2.45, 2.75) is 44.1 Å². The predicted octanol–water partition coefficient (Wildman–Crippen LogP) is 0.945. The van der Waals surface area contributed by atoms with E-state index in [0.717, 1.165) is 31.4 Å². The molecule has 0 saturated heterocycles. The first-order chi connectivity index (χ1) is 7.24. The quantitative estimate of drug-likeness (QED) is 0.773. The van der Waals surface area contributed by atoms with Gasteiger partial charge in [0, 0.05) is 17.0 Å². The molecule has 1 heterocycles. The smallest absolute Gasteiger partial charge is 0.127 e. The summed E-state index contributed by atoms with van der Waals surface area (Å²) in [5, 5.41) is 4.13. The van der Waals surface area contributed by atoms with Gasteiger partial charge >= 0.3 is 0 Å².